The van der Waals surface area contributed by atoms with Crippen LogP contribution in [0.25, 0.3) is 22.0 Å². The number of rotatable bonds is 11. The number of benzene rings is 1. The molecule has 0 aliphatic carbocycles. The van der Waals surface area contributed by atoms with E-state index in [9.17, 15) is 14.4 Å². The first-order valence-electron chi connectivity index (χ1n) is 15.4. The molecule has 1 aliphatic heterocycles. The summed E-state index contributed by atoms with van der Waals surface area (Å²) in [6.45, 7) is 12.9. The molecule has 1 fully saturated rings. The highest BCUT2D eigenvalue weighted by Gasteiger charge is 2.20. The first kappa shape index (κ1) is 32.2. The van der Waals surface area contributed by atoms with Crippen LogP contribution in [0.4, 0.5) is 5.82 Å². The van der Waals surface area contributed by atoms with E-state index in [0.717, 1.165) is 71.8 Å². The van der Waals surface area contributed by atoms with Crippen LogP contribution in [-0.4, -0.2) is 81.5 Å². The molecule has 0 atom stereocenters. The van der Waals surface area contributed by atoms with E-state index in [1.165, 1.54) is 0 Å². The third-order valence-electron chi connectivity index (χ3n) is 8.24. The quantitative estimate of drug-likeness (QED) is 0.187. The Morgan fingerprint density at radius 1 is 1.02 bits per heavy atom. The number of fused-ring (bicyclic) bond motifs is 1. The summed E-state index contributed by atoms with van der Waals surface area (Å²) in [5, 5.41) is 11.2. The van der Waals surface area contributed by atoms with Crippen LogP contribution in [0.15, 0.2) is 47.5 Å². The van der Waals surface area contributed by atoms with Gasteiger partial charge in [-0.1, -0.05) is 0 Å². The van der Waals surface area contributed by atoms with Gasteiger partial charge in [-0.2, -0.15) is 17.7 Å². The summed E-state index contributed by atoms with van der Waals surface area (Å²) in [5.41, 5.74) is 5.08. The van der Waals surface area contributed by atoms with Crippen molar-refractivity contribution in [2.24, 2.45) is 0 Å². The molecule has 5 rings (SSSR count). The van der Waals surface area contributed by atoms with Gasteiger partial charge in [0.05, 0.1) is 17.3 Å². The molecule has 12 heteroatoms. The maximum absolute atomic E-state index is 13.6. The second-order valence-corrected chi connectivity index (χ2v) is 12.3. The summed E-state index contributed by atoms with van der Waals surface area (Å²) in [6, 6.07) is 10.0. The van der Waals surface area contributed by atoms with Crippen LogP contribution in [0.2, 0.25) is 0 Å². The van der Waals surface area contributed by atoms with Gasteiger partial charge in [0.2, 0.25) is 5.91 Å². The molecule has 3 N–H and O–H groups in total. The minimum Gasteiger partial charge on any atom is -0.355 e. The molecule has 1 saturated heterocycles. The second kappa shape index (κ2) is 14.3. The summed E-state index contributed by atoms with van der Waals surface area (Å²) in [7, 11) is 0. The number of nitrogens with one attached hydrogen (secondary N) is 3. The molecule has 0 spiro atoms. The van der Waals surface area contributed by atoms with E-state index in [2.05, 4.69) is 63.1 Å². The highest BCUT2D eigenvalue weighted by Crippen LogP contribution is 2.30. The zero-order valence-corrected chi connectivity index (χ0v) is 27.3. The van der Waals surface area contributed by atoms with E-state index < -0.39 is 0 Å². The van der Waals surface area contributed by atoms with Gasteiger partial charge in [0.25, 0.3) is 11.5 Å². The van der Waals surface area contributed by atoms with Gasteiger partial charge in [-0.3, -0.25) is 24.0 Å². The Hall–Kier alpha value is -4.16. The lowest BCUT2D eigenvalue weighted by molar-refractivity contribution is -0.120. The predicted octanol–water partition coefficient (Wildman–Crippen LogP) is 3.47. The van der Waals surface area contributed by atoms with Crippen molar-refractivity contribution >= 4 is 41.2 Å². The Kier molecular flexibility index (Phi) is 10.2. The van der Waals surface area contributed by atoms with Crippen LogP contribution in [0.5, 0.6) is 0 Å². The number of hydrogen-bond acceptors (Lipinski definition) is 8. The van der Waals surface area contributed by atoms with Crippen LogP contribution in [0, 0.1) is 13.8 Å². The number of aromatic amines is 1. The minimum absolute atomic E-state index is 0.0439. The van der Waals surface area contributed by atoms with Gasteiger partial charge in [-0.25, -0.2) is 4.98 Å². The number of piperazine rings is 1. The number of pyridine rings is 2. The van der Waals surface area contributed by atoms with Crippen molar-refractivity contribution in [3.05, 3.63) is 75.5 Å². The maximum atomic E-state index is 13.6. The number of H-pyrrole nitrogens is 1. The molecule has 1 aromatic carbocycles. The number of aryl methyl sites for hydroxylation is 2. The molecule has 11 nitrogen and oxygen atoms in total. The summed E-state index contributed by atoms with van der Waals surface area (Å²) in [4.78, 5) is 50.0. The average molecular weight is 631 g/mol. The monoisotopic (exact) mass is 630 g/mol. The summed E-state index contributed by atoms with van der Waals surface area (Å²) in [5.74, 6) is 1.24. The van der Waals surface area contributed by atoms with E-state index in [-0.39, 0.29) is 30.0 Å². The minimum atomic E-state index is -0.270. The van der Waals surface area contributed by atoms with E-state index >= 15 is 0 Å². The molecule has 0 radical (unpaired) electrons. The molecule has 4 aromatic rings. The van der Waals surface area contributed by atoms with Gasteiger partial charge in [-0.15, -0.1) is 0 Å². The lowest BCUT2D eigenvalue weighted by Crippen LogP contribution is -2.48. The van der Waals surface area contributed by atoms with Gasteiger partial charge in [0, 0.05) is 86.7 Å². The largest absolute Gasteiger partial charge is 0.355 e. The van der Waals surface area contributed by atoms with Gasteiger partial charge < -0.3 is 20.5 Å². The van der Waals surface area contributed by atoms with Crippen LogP contribution < -0.4 is 21.1 Å². The molecule has 0 unspecified atom stereocenters. The number of carbonyl (C=O) groups excluding carboxylic acids is 2. The van der Waals surface area contributed by atoms with Crippen LogP contribution in [0.3, 0.4) is 0 Å². The first-order valence-corrected chi connectivity index (χ1v) is 16.1. The zero-order chi connectivity index (χ0) is 32.1. The molecule has 3 aromatic heterocycles. The van der Waals surface area contributed by atoms with Crippen molar-refractivity contribution in [3.8, 4) is 11.1 Å². The van der Waals surface area contributed by atoms with E-state index in [0.29, 0.717) is 29.8 Å². The lowest BCUT2D eigenvalue weighted by atomic mass is 10.0. The van der Waals surface area contributed by atoms with Crippen molar-refractivity contribution in [3.63, 3.8) is 0 Å². The van der Waals surface area contributed by atoms with Crippen LogP contribution in [-0.2, 0) is 11.3 Å². The SMILES string of the molecule is Cc1cc(C)c(CNC(=O)c2cc(-c3ccc(N4CCN(CCNC(=O)CCS)CC4)nc3)cc3c2cnn3C(C)C)c(=O)[nH]1. The van der Waals surface area contributed by atoms with Crippen molar-refractivity contribution in [2.75, 3.05) is 49.9 Å². The number of hydrogen-bond donors (Lipinski definition) is 4. The van der Waals surface area contributed by atoms with Crippen molar-refractivity contribution < 1.29 is 9.59 Å². The molecule has 238 valence electrons. The first-order chi connectivity index (χ1) is 21.6. The molecule has 2 amide bonds. The molecule has 45 heavy (non-hydrogen) atoms. The van der Waals surface area contributed by atoms with E-state index in [4.69, 9.17) is 4.98 Å². The smallest absolute Gasteiger partial charge is 0.253 e. The molecule has 4 heterocycles. The Morgan fingerprint density at radius 2 is 1.80 bits per heavy atom. The fraction of sp³-hybridized carbons (Fsp3) is 0.424. The highest BCUT2D eigenvalue weighted by atomic mass is 32.1. The van der Waals surface area contributed by atoms with Gasteiger partial charge in [0.15, 0.2) is 0 Å². The van der Waals surface area contributed by atoms with Gasteiger partial charge in [-0.05, 0) is 74.9 Å². The Morgan fingerprint density at radius 3 is 2.47 bits per heavy atom. The second-order valence-electron chi connectivity index (χ2n) is 11.8. The molecular weight excluding hydrogens is 588 g/mol. The number of amides is 2. The number of thiol groups is 1. The molecular formula is C33H42N8O3S. The summed E-state index contributed by atoms with van der Waals surface area (Å²) < 4.78 is 1.91. The summed E-state index contributed by atoms with van der Waals surface area (Å²) in [6.07, 6.45) is 4.03. The predicted molar refractivity (Wildman–Crippen MR) is 181 cm³/mol. The Balaban J connectivity index is 1.31. The number of nitrogens with zero attached hydrogens (tertiary/aromatic N) is 5. The Bertz CT molecular complexity index is 1720. The zero-order valence-electron chi connectivity index (χ0n) is 26.4. The topological polar surface area (TPSA) is 128 Å². The molecule has 1 aliphatic rings. The lowest BCUT2D eigenvalue weighted by Gasteiger charge is -2.35. The average Bonchev–Trinajstić information content (AvgIpc) is 3.45. The van der Waals surface area contributed by atoms with Crippen molar-refractivity contribution in [2.45, 2.75) is 46.7 Å². The van der Waals surface area contributed by atoms with E-state index in [1.807, 2.05) is 49.0 Å². The summed E-state index contributed by atoms with van der Waals surface area (Å²) >= 11 is 4.11. The van der Waals surface area contributed by atoms with Crippen molar-refractivity contribution in [1.29, 1.82) is 0 Å². The van der Waals surface area contributed by atoms with Gasteiger partial charge in [0.1, 0.15) is 5.82 Å². The van der Waals surface area contributed by atoms with Crippen LogP contribution >= 0.6 is 12.6 Å². The fourth-order valence-corrected chi connectivity index (χ4v) is 5.97. The van der Waals surface area contributed by atoms with Gasteiger partial charge >= 0.3 is 0 Å². The van der Waals surface area contributed by atoms with E-state index in [1.54, 1.807) is 6.20 Å². The molecule has 0 saturated carbocycles. The maximum Gasteiger partial charge on any atom is 0.253 e. The fourth-order valence-electron chi connectivity index (χ4n) is 5.76. The number of aromatic nitrogens is 4. The highest BCUT2D eigenvalue weighted by molar-refractivity contribution is 7.80. The third-order valence-corrected chi connectivity index (χ3v) is 8.46. The number of anilines is 1. The third kappa shape index (κ3) is 7.56. The standard InChI is InChI=1S/C33H42N8O3S/c1-21(2)41-29-17-25(16-26(28(29)20-37-41)32(43)36-19-27-22(3)15-23(4)38-33(27)44)24-5-6-30(35-18-24)40-12-10-39(11-13-40)9-8-34-31(42)7-14-45/h5-6,15-18,20-21,45H,7-14,19H2,1-4H3,(H,34,42)(H,36,43)(H,38,44). The van der Waals surface area contributed by atoms with Crippen molar-refractivity contribution in [1.82, 2.24) is 35.3 Å². The Labute approximate surface area is 268 Å². The number of carbonyl (C=O) groups is 2. The van der Waals surface area contributed by atoms with Crippen LogP contribution in [0.1, 0.15) is 53.5 Å². The molecule has 0 bridgehead atoms. The normalized spacial score (nSPS) is 13.9.